The standard InChI is InChI=1S/C12H13IN4O3/c1-3-20-11-7(10-9(13)12(14)16-15-10)4-6(2)5-8(11)17(18)19/h4-5H,3H2,1-2H3,(H3,14,15,16). The Kier molecular flexibility index (Phi) is 4.12. The van der Waals surface area contributed by atoms with Crippen LogP contribution in [-0.4, -0.2) is 21.7 Å². The molecule has 1 heterocycles. The smallest absolute Gasteiger partial charge is 0.311 e. The predicted molar refractivity (Wildman–Crippen MR) is 83.7 cm³/mol. The maximum atomic E-state index is 11.2. The van der Waals surface area contributed by atoms with Crippen LogP contribution in [0.15, 0.2) is 12.1 Å². The molecule has 20 heavy (non-hydrogen) atoms. The van der Waals surface area contributed by atoms with Crippen molar-refractivity contribution < 1.29 is 9.66 Å². The van der Waals surface area contributed by atoms with Gasteiger partial charge in [0.15, 0.2) is 5.82 Å². The fraction of sp³-hybridized carbons (Fsp3) is 0.250. The number of nitro groups is 1. The number of hydrogen-bond donors (Lipinski definition) is 2. The number of aromatic amines is 1. The summed E-state index contributed by atoms with van der Waals surface area (Å²) >= 11 is 2.05. The number of nitro benzene ring substituents is 1. The van der Waals surface area contributed by atoms with Crippen LogP contribution in [0, 0.1) is 20.6 Å². The van der Waals surface area contributed by atoms with E-state index in [9.17, 15) is 10.1 Å². The van der Waals surface area contributed by atoms with Gasteiger partial charge in [0.05, 0.1) is 26.4 Å². The van der Waals surface area contributed by atoms with E-state index in [-0.39, 0.29) is 11.4 Å². The predicted octanol–water partition coefficient (Wildman–Crippen LogP) is 2.88. The molecule has 0 unspecified atom stereocenters. The lowest BCUT2D eigenvalue weighted by molar-refractivity contribution is -0.385. The molecule has 0 aliphatic rings. The van der Waals surface area contributed by atoms with Gasteiger partial charge < -0.3 is 10.5 Å². The number of halogens is 1. The minimum atomic E-state index is -0.450. The highest BCUT2D eigenvalue weighted by molar-refractivity contribution is 14.1. The maximum absolute atomic E-state index is 11.2. The molecule has 0 saturated heterocycles. The third-order valence-corrected chi connectivity index (χ3v) is 3.79. The molecule has 0 amide bonds. The maximum Gasteiger partial charge on any atom is 0.311 e. The van der Waals surface area contributed by atoms with E-state index < -0.39 is 4.92 Å². The number of aromatic nitrogens is 2. The van der Waals surface area contributed by atoms with E-state index in [2.05, 4.69) is 10.2 Å². The van der Waals surface area contributed by atoms with Gasteiger partial charge in [-0.1, -0.05) is 0 Å². The Hall–Kier alpha value is -1.84. The summed E-state index contributed by atoms with van der Waals surface area (Å²) in [4.78, 5) is 10.7. The highest BCUT2D eigenvalue weighted by atomic mass is 127. The lowest BCUT2D eigenvalue weighted by atomic mass is 10.1. The first-order chi connectivity index (χ1) is 9.45. The van der Waals surface area contributed by atoms with Gasteiger partial charge in [0.1, 0.15) is 0 Å². The van der Waals surface area contributed by atoms with E-state index in [0.717, 1.165) is 5.56 Å². The van der Waals surface area contributed by atoms with Gasteiger partial charge in [0.25, 0.3) is 0 Å². The molecule has 106 valence electrons. The molecule has 8 heteroatoms. The number of rotatable bonds is 4. The average molecular weight is 388 g/mol. The molecule has 0 spiro atoms. The number of nitrogen functional groups attached to an aromatic ring is 1. The summed E-state index contributed by atoms with van der Waals surface area (Å²) < 4.78 is 6.18. The number of nitrogens with two attached hydrogens (primary N) is 1. The van der Waals surface area contributed by atoms with Crippen LogP contribution in [0.3, 0.4) is 0 Å². The van der Waals surface area contributed by atoms with Crippen LogP contribution < -0.4 is 10.5 Å². The summed E-state index contributed by atoms with van der Waals surface area (Å²) in [5, 5.41) is 17.9. The SMILES string of the molecule is CCOc1c(-c2[nH]nc(N)c2I)cc(C)cc1[N+](=O)[O-]. The molecule has 3 N–H and O–H groups in total. The molecule has 2 aromatic rings. The van der Waals surface area contributed by atoms with Crippen LogP contribution in [0.4, 0.5) is 11.5 Å². The Morgan fingerprint density at radius 2 is 2.25 bits per heavy atom. The molecular weight excluding hydrogens is 375 g/mol. The molecular formula is C12H13IN4O3. The molecule has 0 saturated carbocycles. The quantitative estimate of drug-likeness (QED) is 0.476. The number of ether oxygens (including phenoxy) is 1. The van der Waals surface area contributed by atoms with Gasteiger partial charge in [-0.05, 0) is 48.1 Å². The molecule has 0 bridgehead atoms. The Balaban J connectivity index is 2.74. The third kappa shape index (κ3) is 2.55. The Morgan fingerprint density at radius 1 is 1.55 bits per heavy atom. The van der Waals surface area contributed by atoms with Crippen LogP contribution in [0.1, 0.15) is 12.5 Å². The van der Waals surface area contributed by atoms with Crippen molar-refractivity contribution in [2.24, 2.45) is 0 Å². The first-order valence-electron chi connectivity index (χ1n) is 5.87. The molecule has 0 radical (unpaired) electrons. The van der Waals surface area contributed by atoms with Gasteiger partial charge in [-0.25, -0.2) is 0 Å². The summed E-state index contributed by atoms with van der Waals surface area (Å²) in [5.74, 6) is 0.580. The first-order valence-corrected chi connectivity index (χ1v) is 6.95. The summed E-state index contributed by atoms with van der Waals surface area (Å²) in [6, 6.07) is 3.30. The van der Waals surface area contributed by atoms with Crippen molar-refractivity contribution in [2.75, 3.05) is 12.3 Å². The molecule has 1 aromatic heterocycles. The molecule has 2 rings (SSSR count). The molecule has 0 fully saturated rings. The minimum Gasteiger partial charge on any atom is -0.487 e. The Labute approximate surface area is 128 Å². The second-order valence-corrected chi connectivity index (χ2v) is 5.23. The van der Waals surface area contributed by atoms with Crippen molar-refractivity contribution in [3.63, 3.8) is 0 Å². The second kappa shape index (κ2) is 5.65. The normalized spacial score (nSPS) is 10.6. The number of nitrogens with one attached hydrogen (secondary N) is 1. The number of H-pyrrole nitrogens is 1. The van der Waals surface area contributed by atoms with Gasteiger partial charge in [-0.2, -0.15) is 5.10 Å². The number of anilines is 1. The highest BCUT2D eigenvalue weighted by Crippen LogP contribution is 2.40. The molecule has 0 aliphatic heterocycles. The summed E-state index contributed by atoms with van der Waals surface area (Å²) in [6.07, 6.45) is 0. The number of nitrogens with zero attached hydrogens (tertiary/aromatic N) is 2. The minimum absolute atomic E-state index is 0.0641. The van der Waals surface area contributed by atoms with Crippen molar-refractivity contribution in [3.05, 3.63) is 31.4 Å². The van der Waals surface area contributed by atoms with Gasteiger partial charge in [-0.3, -0.25) is 15.2 Å². The summed E-state index contributed by atoms with van der Waals surface area (Å²) in [6.45, 7) is 3.90. The van der Waals surface area contributed by atoms with Gasteiger partial charge in [-0.15, -0.1) is 0 Å². The monoisotopic (exact) mass is 388 g/mol. The molecule has 1 aromatic carbocycles. The summed E-state index contributed by atoms with van der Waals surface area (Å²) in [7, 11) is 0. The lowest BCUT2D eigenvalue weighted by Crippen LogP contribution is -2.01. The highest BCUT2D eigenvalue weighted by Gasteiger charge is 2.24. The van der Waals surface area contributed by atoms with Crippen LogP contribution in [0.2, 0.25) is 0 Å². The zero-order chi connectivity index (χ0) is 14.9. The molecule has 0 aliphatic carbocycles. The van der Waals surface area contributed by atoms with Crippen molar-refractivity contribution in [2.45, 2.75) is 13.8 Å². The van der Waals surface area contributed by atoms with E-state index in [1.165, 1.54) is 6.07 Å². The van der Waals surface area contributed by atoms with Crippen LogP contribution >= 0.6 is 22.6 Å². The molecule has 7 nitrogen and oxygen atoms in total. The Bertz CT molecular complexity index is 669. The summed E-state index contributed by atoms with van der Waals surface area (Å²) in [5.41, 5.74) is 7.63. The topological polar surface area (TPSA) is 107 Å². The lowest BCUT2D eigenvalue weighted by Gasteiger charge is -2.11. The van der Waals surface area contributed by atoms with Crippen LogP contribution in [-0.2, 0) is 0 Å². The van der Waals surface area contributed by atoms with E-state index >= 15 is 0 Å². The number of aryl methyl sites for hydroxylation is 1. The zero-order valence-corrected chi connectivity index (χ0v) is 13.1. The van der Waals surface area contributed by atoms with Crippen LogP contribution in [0.25, 0.3) is 11.3 Å². The zero-order valence-electron chi connectivity index (χ0n) is 10.9. The van der Waals surface area contributed by atoms with Crippen molar-refractivity contribution >= 4 is 34.1 Å². The number of hydrogen-bond acceptors (Lipinski definition) is 5. The van der Waals surface area contributed by atoms with Gasteiger partial charge in [0.2, 0.25) is 5.75 Å². The van der Waals surface area contributed by atoms with Crippen molar-refractivity contribution in [3.8, 4) is 17.0 Å². The van der Waals surface area contributed by atoms with E-state index in [1.807, 2.05) is 28.7 Å². The fourth-order valence-electron chi connectivity index (χ4n) is 1.89. The van der Waals surface area contributed by atoms with Gasteiger partial charge in [0, 0.05) is 6.07 Å². The third-order valence-electron chi connectivity index (χ3n) is 2.70. The number of benzene rings is 1. The molecule has 0 atom stereocenters. The first kappa shape index (κ1) is 14.6. The van der Waals surface area contributed by atoms with Gasteiger partial charge >= 0.3 is 5.69 Å². The Morgan fingerprint density at radius 3 is 2.75 bits per heavy atom. The second-order valence-electron chi connectivity index (χ2n) is 4.15. The van der Waals surface area contributed by atoms with E-state index in [4.69, 9.17) is 10.5 Å². The largest absolute Gasteiger partial charge is 0.487 e. The average Bonchev–Trinajstić information content (AvgIpc) is 2.72. The van der Waals surface area contributed by atoms with Crippen molar-refractivity contribution in [1.29, 1.82) is 0 Å². The van der Waals surface area contributed by atoms with Crippen LogP contribution in [0.5, 0.6) is 5.75 Å². The van der Waals surface area contributed by atoms with Crippen molar-refractivity contribution in [1.82, 2.24) is 10.2 Å². The fourth-order valence-corrected chi connectivity index (χ4v) is 2.42. The van der Waals surface area contributed by atoms with E-state index in [0.29, 0.717) is 27.3 Å². The van der Waals surface area contributed by atoms with E-state index in [1.54, 1.807) is 13.8 Å².